The van der Waals surface area contributed by atoms with Gasteiger partial charge in [0, 0.05) is 23.6 Å². The number of hydrogen-bond acceptors (Lipinski definition) is 2. The third-order valence-corrected chi connectivity index (χ3v) is 3.43. The summed E-state index contributed by atoms with van der Waals surface area (Å²) in [5, 5.41) is -0.734. The summed E-state index contributed by atoms with van der Waals surface area (Å²) >= 11 is 5.42. The first kappa shape index (κ1) is 13.6. The molecule has 0 saturated carbocycles. The molecule has 3 nitrogen and oxygen atoms in total. The number of halogens is 1. The van der Waals surface area contributed by atoms with Crippen LogP contribution in [0.4, 0.5) is 0 Å². The summed E-state index contributed by atoms with van der Waals surface area (Å²) in [5.74, 6) is 0. The number of rotatable bonds is 2. The first-order valence-corrected chi connectivity index (χ1v) is 6.28. The number of pyridine rings is 1. The van der Waals surface area contributed by atoms with Crippen molar-refractivity contribution >= 4 is 16.8 Å². The molecule has 0 amide bonds. The molecule has 0 radical (unpaired) electrons. The molecule has 19 heavy (non-hydrogen) atoms. The van der Waals surface area contributed by atoms with Gasteiger partial charge in [-0.3, -0.25) is 9.59 Å². The Balaban J connectivity index is 2.68. The minimum Gasteiger partial charge on any atom is -0.320 e. The van der Waals surface area contributed by atoms with Crippen LogP contribution in [0.3, 0.4) is 0 Å². The molecule has 98 valence electrons. The zero-order valence-electron chi connectivity index (χ0n) is 11.0. The molecule has 0 spiro atoms. The van der Waals surface area contributed by atoms with Crippen molar-refractivity contribution in [2.75, 3.05) is 0 Å². The van der Waals surface area contributed by atoms with Crippen LogP contribution in [-0.4, -0.2) is 9.81 Å². The quantitative estimate of drug-likeness (QED) is 0.790. The van der Waals surface area contributed by atoms with Crippen LogP contribution in [0, 0.1) is 20.8 Å². The van der Waals surface area contributed by atoms with E-state index in [2.05, 4.69) is 0 Å². The molecule has 0 aliphatic rings. The summed E-state index contributed by atoms with van der Waals surface area (Å²) in [6, 6.07) is 7.38. The van der Waals surface area contributed by atoms with E-state index in [0.29, 0.717) is 0 Å². The van der Waals surface area contributed by atoms with Gasteiger partial charge >= 0.3 is 0 Å². The van der Waals surface area contributed by atoms with E-state index in [1.165, 1.54) is 17.8 Å². The molecule has 0 saturated heterocycles. The van der Waals surface area contributed by atoms with E-state index in [1.807, 2.05) is 39.0 Å². The van der Waals surface area contributed by atoms with Gasteiger partial charge in [-0.15, -0.1) is 0 Å². The lowest BCUT2D eigenvalue weighted by Gasteiger charge is -2.13. The minimum absolute atomic E-state index is 0.00880. The van der Waals surface area contributed by atoms with Gasteiger partial charge < -0.3 is 4.57 Å². The van der Waals surface area contributed by atoms with E-state index < -0.39 is 5.24 Å². The maximum absolute atomic E-state index is 11.7. The maximum atomic E-state index is 11.7. The Hall–Kier alpha value is -1.87. The van der Waals surface area contributed by atoms with Crippen LogP contribution in [0.15, 0.2) is 35.3 Å². The summed E-state index contributed by atoms with van der Waals surface area (Å²) in [5.41, 5.74) is 3.64. The van der Waals surface area contributed by atoms with Gasteiger partial charge in [0.2, 0.25) is 0 Å². The fourth-order valence-corrected chi connectivity index (χ4v) is 2.07. The molecule has 0 atom stereocenters. The molecule has 2 aromatic rings. The molecule has 0 fully saturated rings. The Bertz CT molecular complexity index is 717. The molecule has 4 heteroatoms. The van der Waals surface area contributed by atoms with Crippen molar-refractivity contribution in [3.63, 3.8) is 0 Å². The first-order chi connectivity index (χ1) is 8.90. The summed E-state index contributed by atoms with van der Waals surface area (Å²) in [4.78, 5) is 22.9. The Labute approximate surface area is 116 Å². The lowest BCUT2D eigenvalue weighted by atomic mass is 10.1. The summed E-state index contributed by atoms with van der Waals surface area (Å²) < 4.78 is 1.80. The maximum Gasteiger partial charge on any atom is 0.257 e. The Morgan fingerprint density at radius 3 is 2.37 bits per heavy atom. The molecule has 1 aromatic heterocycles. The number of aryl methyl sites for hydroxylation is 3. The molecular weight excluding hydrogens is 262 g/mol. The van der Waals surface area contributed by atoms with E-state index in [0.717, 1.165) is 16.9 Å². The SMILES string of the molecule is Cc1ccc(-n2cc(C(=O)Cl)c(=O)cc2C)cc1C. The van der Waals surface area contributed by atoms with Crippen molar-refractivity contribution in [1.29, 1.82) is 0 Å². The summed E-state index contributed by atoms with van der Waals surface area (Å²) in [6.45, 7) is 5.87. The van der Waals surface area contributed by atoms with Gasteiger partial charge in [0.25, 0.3) is 5.24 Å². The van der Waals surface area contributed by atoms with Gasteiger partial charge in [-0.05, 0) is 55.6 Å². The molecule has 2 rings (SSSR count). The molecule has 0 aliphatic carbocycles. The van der Waals surface area contributed by atoms with E-state index in [-0.39, 0.29) is 11.0 Å². The molecular formula is C15H14ClNO2. The second-order valence-electron chi connectivity index (χ2n) is 4.61. The van der Waals surface area contributed by atoms with Gasteiger partial charge in [0.1, 0.15) is 0 Å². The van der Waals surface area contributed by atoms with Crippen LogP contribution in [0.1, 0.15) is 27.2 Å². The predicted octanol–water partition coefficient (Wildman–Crippen LogP) is 3.14. The molecule has 0 aliphatic heterocycles. The molecule has 0 bridgehead atoms. The van der Waals surface area contributed by atoms with Crippen LogP contribution < -0.4 is 5.43 Å². The van der Waals surface area contributed by atoms with Gasteiger partial charge in [-0.1, -0.05) is 6.07 Å². The van der Waals surface area contributed by atoms with Crippen LogP contribution >= 0.6 is 11.6 Å². The molecule has 0 unspecified atom stereocenters. The van der Waals surface area contributed by atoms with E-state index in [1.54, 1.807) is 4.57 Å². The van der Waals surface area contributed by atoms with Crippen LogP contribution in [0.2, 0.25) is 0 Å². The summed E-state index contributed by atoms with van der Waals surface area (Å²) in [6.07, 6.45) is 1.50. The number of benzene rings is 1. The van der Waals surface area contributed by atoms with Gasteiger partial charge in [-0.2, -0.15) is 0 Å². The van der Waals surface area contributed by atoms with Crippen molar-refractivity contribution in [1.82, 2.24) is 4.57 Å². The van der Waals surface area contributed by atoms with Crippen molar-refractivity contribution in [3.8, 4) is 5.69 Å². The van der Waals surface area contributed by atoms with Crippen LogP contribution in [-0.2, 0) is 0 Å². The largest absolute Gasteiger partial charge is 0.320 e. The number of carbonyl (C=O) groups is 1. The third-order valence-electron chi connectivity index (χ3n) is 3.22. The highest BCUT2D eigenvalue weighted by Gasteiger charge is 2.11. The second kappa shape index (κ2) is 5.02. The summed E-state index contributed by atoms with van der Waals surface area (Å²) in [7, 11) is 0. The van der Waals surface area contributed by atoms with Gasteiger partial charge in [-0.25, -0.2) is 0 Å². The van der Waals surface area contributed by atoms with Crippen molar-refractivity contribution in [2.45, 2.75) is 20.8 Å². The number of carbonyl (C=O) groups excluding carboxylic acids is 1. The average molecular weight is 276 g/mol. The highest BCUT2D eigenvalue weighted by Crippen LogP contribution is 2.16. The van der Waals surface area contributed by atoms with E-state index >= 15 is 0 Å². The average Bonchev–Trinajstić information content (AvgIpc) is 2.32. The first-order valence-electron chi connectivity index (χ1n) is 5.91. The van der Waals surface area contributed by atoms with Gasteiger partial charge in [0.05, 0.1) is 5.56 Å². The monoisotopic (exact) mass is 275 g/mol. The van der Waals surface area contributed by atoms with Crippen molar-refractivity contribution in [3.05, 3.63) is 63.1 Å². The fourth-order valence-electron chi connectivity index (χ4n) is 1.93. The van der Waals surface area contributed by atoms with Gasteiger partial charge in [0.15, 0.2) is 5.43 Å². The minimum atomic E-state index is -0.734. The highest BCUT2D eigenvalue weighted by molar-refractivity contribution is 6.67. The molecule has 0 N–H and O–H groups in total. The third kappa shape index (κ3) is 2.61. The lowest BCUT2D eigenvalue weighted by Crippen LogP contribution is -2.16. The highest BCUT2D eigenvalue weighted by atomic mass is 35.5. The number of hydrogen-bond donors (Lipinski definition) is 0. The zero-order chi connectivity index (χ0) is 14.2. The van der Waals surface area contributed by atoms with Crippen molar-refractivity contribution < 1.29 is 4.79 Å². The topological polar surface area (TPSA) is 39.1 Å². The van der Waals surface area contributed by atoms with E-state index in [9.17, 15) is 9.59 Å². The Morgan fingerprint density at radius 1 is 1.11 bits per heavy atom. The van der Waals surface area contributed by atoms with E-state index in [4.69, 9.17) is 11.6 Å². The lowest BCUT2D eigenvalue weighted by molar-refractivity contribution is 0.108. The molecule has 1 heterocycles. The molecule has 1 aromatic carbocycles. The second-order valence-corrected chi connectivity index (χ2v) is 4.95. The van der Waals surface area contributed by atoms with Crippen molar-refractivity contribution in [2.24, 2.45) is 0 Å². The fraction of sp³-hybridized carbons (Fsp3) is 0.200. The predicted molar refractivity (Wildman–Crippen MR) is 76.4 cm³/mol. The zero-order valence-corrected chi connectivity index (χ0v) is 11.8. The standard InChI is InChI=1S/C15H14ClNO2/c1-9-4-5-12(6-10(9)2)17-8-13(15(16)19)14(18)7-11(17)3/h4-8H,1-3H3. The Morgan fingerprint density at radius 2 is 1.79 bits per heavy atom. The Kier molecular flexibility index (Phi) is 3.58. The normalized spacial score (nSPS) is 10.5. The smallest absolute Gasteiger partial charge is 0.257 e. The van der Waals surface area contributed by atoms with Crippen LogP contribution in [0.25, 0.3) is 5.69 Å². The number of aromatic nitrogens is 1. The number of nitrogens with zero attached hydrogens (tertiary/aromatic N) is 1. The van der Waals surface area contributed by atoms with Crippen LogP contribution in [0.5, 0.6) is 0 Å².